The molecule has 1 fully saturated rings. The number of carbonyl (C=O) groups is 1. The predicted octanol–water partition coefficient (Wildman–Crippen LogP) is 2.94. The summed E-state index contributed by atoms with van der Waals surface area (Å²) in [6, 6.07) is 7.92. The van der Waals surface area contributed by atoms with Crippen LogP contribution in [0.25, 0.3) is 10.1 Å². The zero-order chi connectivity index (χ0) is 13.3. The summed E-state index contributed by atoms with van der Waals surface area (Å²) in [5, 5.41) is 15.5. The molecule has 0 saturated heterocycles. The summed E-state index contributed by atoms with van der Waals surface area (Å²) < 4.78 is 1.12. The quantitative estimate of drug-likeness (QED) is 0.905. The van der Waals surface area contributed by atoms with E-state index in [4.69, 9.17) is 0 Å². The lowest BCUT2D eigenvalue weighted by molar-refractivity contribution is 0.0840. The van der Waals surface area contributed by atoms with Crippen LogP contribution in [-0.4, -0.2) is 23.2 Å². The first-order chi connectivity index (χ1) is 9.24. The number of aliphatic hydroxyl groups excluding tert-OH is 1. The first kappa shape index (κ1) is 12.6. The number of nitrogens with one attached hydrogen (secondary N) is 1. The van der Waals surface area contributed by atoms with Gasteiger partial charge in [0.2, 0.25) is 0 Å². The van der Waals surface area contributed by atoms with Crippen LogP contribution in [0.2, 0.25) is 0 Å². The van der Waals surface area contributed by atoms with Gasteiger partial charge in [-0.3, -0.25) is 4.79 Å². The second-order valence-corrected chi connectivity index (χ2v) is 6.16. The predicted molar refractivity (Wildman–Crippen MR) is 77.6 cm³/mol. The maximum Gasteiger partial charge on any atom is 0.253 e. The molecule has 4 heteroatoms. The van der Waals surface area contributed by atoms with Crippen molar-refractivity contribution in [3.05, 3.63) is 35.2 Å². The summed E-state index contributed by atoms with van der Waals surface area (Å²) in [5.74, 6) is -0.0617. The van der Waals surface area contributed by atoms with Crippen molar-refractivity contribution >= 4 is 27.3 Å². The van der Waals surface area contributed by atoms with E-state index < -0.39 is 5.54 Å². The SMILES string of the molecule is O=C(NC1(CO)CCCC1)c1csc2ccccc12. The number of carbonyl (C=O) groups excluding carboxylic acids is 1. The van der Waals surface area contributed by atoms with Crippen LogP contribution in [0.1, 0.15) is 36.0 Å². The lowest BCUT2D eigenvalue weighted by Crippen LogP contribution is -2.49. The Bertz CT molecular complexity index is 599. The lowest BCUT2D eigenvalue weighted by atomic mass is 9.98. The van der Waals surface area contributed by atoms with E-state index >= 15 is 0 Å². The molecule has 2 aromatic rings. The summed E-state index contributed by atoms with van der Waals surface area (Å²) >= 11 is 1.58. The molecule has 1 saturated carbocycles. The van der Waals surface area contributed by atoms with Gasteiger partial charge in [-0.1, -0.05) is 31.0 Å². The van der Waals surface area contributed by atoms with Crippen molar-refractivity contribution in [3.63, 3.8) is 0 Å². The van der Waals surface area contributed by atoms with Crippen molar-refractivity contribution in [2.45, 2.75) is 31.2 Å². The molecule has 0 bridgehead atoms. The summed E-state index contributed by atoms with van der Waals surface area (Å²) in [7, 11) is 0. The van der Waals surface area contributed by atoms with E-state index in [1.165, 1.54) is 0 Å². The molecule has 100 valence electrons. The molecule has 2 N–H and O–H groups in total. The van der Waals surface area contributed by atoms with Crippen molar-refractivity contribution in [2.75, 3.05) is 6.61 Å². The van der Waals surface area contributed by atoms with Gasteiger partial charge in [0.15, 0.2) is 0 Å². The molecule has 1 aliphatic carbocycles. The largest absolute Gasteiger partial charge is 0.394 e. The van der Waals surface area contributed by atoms with Crippen LogP contribution in [0.3, 0.4) is 0 Å². The normalized spacial score (nSPS) is 17.7. The Morgan fingerprint density at radius 3 is 2.79 bits per heavy atom. The fourth-order valence-corrected chi connectivity index (χ4v) is 3.78. The minimum atomic E-state index is -0.403. The maximum absolute atomic E-state index is 12.4. The third-order valence-corrected chi connectivity index (χ3v) is 4.93. The molecule has 1 heterocycles. The lowest BCUT2D eigenvalue weighted by Gasteiger charge is -2.27. The van der Waals surface area contributed by atoms with Crippen LogP contribution >= 0.6 is 11.3 Å². The average molecular weight is 275 g/mol. The van der Waals surface area contributed by atoms with Crippen molar-refractivity contribution in [1.29, 1.82) is 0 Å². The highest BCUT2D eigenvalue weighted by atomic mass is 32.1. The van der Waals surface area contributed by atoms with Crippen molar-refractivity contribution in [3.8, 4) is 0 Å². The van der Waals surface area contributed by atoms with Crippen LogP contribution in [0.4, 0.5) is 0 Å². The number of amides is 1. The molecular weight excluding hydrogens is 258 g/mol. The smallest absolute Gasteiger partial charge is 0.253 e. The van der Waals surface area contributed by atoms with E-state index in [-0.39, 0.29) is 12.5 Å². The molecule has 19 heavy (non-hydrogen) atoms. The van der Waals surface area contributed by atoms with Crippen molar-refractivity contribution in [1.82, 2.24) is 5.32 Å². The molecule has 3 nitrogen and oxygen atoms in total. The second kappa shape index (κ2) is 4.94. The highest BCUT2D eigenvalue weighted by Gasteiger charge is 2.35. The molecule has 0 unspecified atom stereocenters. The first-order valence-electron chi connectivity index (χ1n) is 6.64. The fourth-order valence-electron chi connectivity index (χ4n) is 2.84. The number of thiophene rings is 1. The van der Waals surface area contributed by atoms with Gasteiger partial charge in [0.05, 0.1) is 17.7 Å². The van der Waals surface area contributed by atoms with E-state index in [0.29, 0.717) is 0 Å². The topological polar surface area (TPSA) is 49.3 Å². The summed E-state index contributed by atoms with van der Waals surface area (Å²) in [4.78, 5) is 12.4. The number of hydrogen-bond acceptors (Lipinski definition) is 3. The monoisotopic (exact) mass is 275 g/mol. The Balaban J connectivity index is 1.88. The van der Waals surface area contributed by atoms with Crippen LogP contribution in [0.15, 0.2) is 29.6 Å². The number of hydrogen-bond donors (Lipinski definition) is 2. The van der Waals surface area contributed by atoms with Gasteiger partial charge in [0.1, 0.15) is 0 Å². The van der Waals surface area contributed by atoms with Gasteiger partial charge < -0.3 is 10.4 Å². The van der Waals surface area contributed by atoms with Crippen molar-refractivity contribution in [2.24, 2.45) is 0 Å². The Kier molecular flexibility index (Phi) is 3.29. The van der Waals surface area contributed by atoms with Gasteiger partial charge in [-0.2, -0.15) is 0 Å². The Morgan fingerprint density at radius 2 is 2.05 bits per heavy atom. The van der Waals surface area contributed by atoms with E-state index in [2.05, 4.69) is 5.32 Å². The molecule has 0 radical (unpaired) electrons. The molecule has 1 aliphatic rings. The minimum absolute atomic E-state index is 0.0286. The zero-order valence-electron chi connectivity index (χ0n) is 10.7. The Labute approximate surface area is 116 Å². The zero-order valence-corrected chi connectivity index (χ0v) is 11.5. The molecule has 0 aliphatic heterocycles. The fraction of sp³-hybridized carbons (Fsp3) is 0.400. The molecule has 1 aromatic carbocycles. The van der Waals surface area contributed by atoms with Gasteiger partial charge in [0.25, 0.3) is 5.91 Å². The highest BCUT2D eigenvalue weighted by Crippen LogP contribution is 2.31. The number of benzene rings is 1. The standard InChI is InChI=1S/C15H17NO2S/c17-10-15(7-3-4-8-15)16-14(18)12-9-19-13-6-2-1-5-11(12)13/h1-2,5-6,9,17H,3-4,7-8,10H2,(H,16,18). The highest BCUT2D eigenvalue weighted by molar-refractivity contribution is 7.17. The van der Waals surface area contributed by atoms with Crippen LogP contribution in [0, 0.1) is 0 Å². The van der Waals surface area contributed by atoms with E-state index in [0.717, 1.165) is 41.3 Å². The number of rotatable bonds is 3. The average Bonchev–Trinajstić information content (AvgIpc) is 3.05. The molecule has 0 spiro atoms. The Morgan fingerprint density at radius 1 is 1.32 bits per heavy atom. The first-order valence-corrected chi connectivity index (χ1v) is 7.52. The van der Waals surface area contributed by atoms with Crippen LogP contribution in [-0.2, 0) is 0 Å². The van der Waals surface area contributed by atoms with Crippen LogP contribution in [0.5, 0.6) is 0 Å². The molecule has 0 atom stereocenters. The molecular formula is C15H17NO2S. The third kappa shape index (κ3) is 2.26. The molecule has 1 amide bonds. The van der Waals surface area contributed by atoms with Crippen molar-refractivity contribution < 1.29 is 9.90 Å². The van der Waals surface area contributed by atoms with E-state index in [9.17, 15) is 9.90 Å². The van der Waals surface area contributed by atoms with E-state index in [1.54, 1.807) is 11.3 Å². The van der Waals surface area contributed by atoms with Gasteiger partial charge in [0, 0.05) is 15.5 Å². The van der Waals surface area contributed by atoms with Gasteiger partial charge in [-0.05, 0) is 18.9 Å². The molecule has 1 aromatic heterocycles. The summed E-state index contributed by atoms with van der Waals surface area (Å²) in [5.41, 5.74) is 0.320. The van der Waals surface area contributed by atoms with Crippen LogP contribution < -0.4 is 5.32 Å². The maximum atomic E-state index is 12.4. The third-order valence-electron chi connectivity index (χ3n) is 3.97. The van der Waals surface area contributed by atoms with Gasteiger partial charge >= 0.3 is 0 Å². The number of aliphatic hydroxyl groups is 1. The summed E-state index contributed by atoms with van der Waals surface area (Å²) in [6.45, 7) is 0.0286. The summed E-state index contributed by atoms with van der Waals surface area (Å²) in [6.07, 6.45) is 3.89. The number of fused-ring (bicyclic) bond motifs is 1. The van der Waals surface area contributed by atoms with Gasteiger partial charge in [-0.15, -0.1) is 11.3 Å². The van der Waals surface area contributed by atoms with Gasteiger partial charge in [-0.25, -0.2) is 0 Å². The minimum Gasteiger partial charge on any atom is -0.394 e. The molecule has 3 rings (SSSR count). The van der Waals surface area contributed by atoms with E-state index in [1.807, 2.05) is 29.6 Å². The second-order valence-electron chi connectivity index (χ2n) is 5.25. The Hall–Kier alpha value is -1.39.